The average molecular weight is 281 g/mol. The molecule has 2 heterocycles. The lowest BCUT2D eigenvalue weighted by Gasteiger charge is -2.42. The summed E-state index contributed by atoms with van der Waals surface area (Å²) in [5, 5.41) is 7.15. The van der Waals surface area contributed by atoms with Crippen LogP contribution < -0.4 is 10.2 Å². The summed E-state index contributed by atoms with van der Waals surface area (Å²) in [6.45, 7) is 9.21. The smallest absolute Gasteiger partial charge is 0.185 e. The van der Waals surface area contributed by atoms with Crippen molar-refractivity contribution in [3.05, 3.63) is 11.6 Å². The fourth-order valence-corrected chi connectivity index (χ4v) is 3.62. The molecule has 1 unspecified atom stereocenters. The average Bonchev–Trinajstić information content (AvgIpc) is 2.93. The van der Waals surface area contributed by atoms with Gasteiger partial charge in [0.2, 0.25) is 0 Å². The van der Waals surface area contributed by atoms with E-state index in [1.807, 2.05) is 6.20 Å². The summed E-state index contributed by atoms with van der Waals surface area (Å²) >= 11 is 1.75. The van der Waals surface area contributed by atoms with Crippen LogP contribution in [-0.2, 0) is 0 Å². The molecule has 1 aliphatic rings. The lowest BCUT2D eigenvalue weighted by Crippen LogP contribution is -2.54. The third-order valence-electron chi connectivity index (χ3n) is 4.24. The molecule has 1 aromatic rings. The van der Waals surface area contributed by atoms with Gasteiger partial charge in [-0.1, -0.05) is 20.3 Å². The maximum atomic E-state index is 4.42. The number of rotatable bonds is 6. The Labute approximate surface area is 121 Å². The topological polar surface area (TPSA) is 28.2 Å². The quantitative estimate of drug-likeness (QED) is 0.862. The summed E-state index contributed by atoms with van der Waals surface area (Å²) in [5.74, 6) is 0. The van der Waals surface area contributed by atoms with Gasteiger partial charge >= 0.3 is 0 Å². The number of anilines is 1. The Morgan fingerprint density at radius 2 is 2.16 bits per heavy atom. The molecule has 19 heavy (non-hydrogen) atoms. The first kappa shape index (κ1) is 14.8. The molecule has 1 aromatic heterocycles. The number of nitrogens with zero attached hydrogens (tertiary/aromatic N) is 2. The van der Waals surface area contributed by atoms with E-state index in [2.05, 4.69) is 41.4 Å². The lowest BCUT2D eigenvalue weighted by atomic mass is 9.88. The lowest BCUT2D eigenvalue weighted by molar-refractivity contribution is 0.242. The van der Waals surface area contributed by atoms with Crippen molar-refractivity contribution in [3.63, 3.8) is 0 Å². The molecule has 108 valence electrons. The highest BCUT2D eigenvalue weighted by Gasteiger charge is 2.31. The van der Waals surface area contributed by atoms with Gasteiger partial charge in [0.05, 0.1) is 0 Å². The molecule has 0 bridgehead atoms. The van der Waals surface area contributed by atoms with Crippen molar-refractivity contribution in [2.45, 2.75) is 64.5 Å². The minimum Gasteiger partial charge on any atom is -0.348 e. The molecule has 1 fully saturated rings. The summed E-state index contributed by atoms with van der Waals surface area (Å²) in [5.41, 5.74) is 0.309. The van der Waals surface area contributed by atoms with Crippen LogP contribution >= 0.6 is 11.3 Å². The summed E-state index contributed by atoms with van der Waals surface area (Å²) in [6.07, 6.45) is 8.13. The first-order valence-electron chi connectivity index (χ1n) is 7.59. The van der Waals surface area contributed by atoms with Crippen LogP contribution in [0.25, 0.3) is 0 Å². The third kappa shape index (κ3) is 3.93. The maximum Gasteiger partial charge on any atom is 0.185 e. The number of hydrogen-bond donors (Lipinski definition) is 1. The molecule has 0 aliphatic carbocycles. The van der Waals surface area contributed by atoms with Crippen LogP contribution in [0.3, 0.4) is 0 Å². The van der Waals surface area contributed by atoms with Crippen LogP contribution in [0.5, 0.6) is 0 Å². The Hall–Kier alpha value is -0.610. The fraction of sp³-hybridized carbons (Fsp3) is 0.800. The maximum absolute atomic E-state index is 4.42. The van der Waals surface area contributed by atoms with E-state index in [-0.39, 0.29) is 0 Å². The molecule has 0 spiro atoms. The second-order valence-corrected chi connectivity index (χ2v) is 6.77. The van der Waals surface area contributed by atoms with Gasteiger partial charge in [0.1, 0.15) is 0 Å². The van der Waals surface area contributed by atoms with E-state index in [4.69, 9.17) is 0 Å². The normalized spacial score (nSPS) is 20.5. The minimum atomic E-state index is 0.309. The van der Waals surface area contributed by atoms with Crippen LogP contribution in [0, 0.1) is 0 Å². The predicted molar refractivity (Wildman–Crippen MR) is 84.1 cm³/mol. The molecule has 0 amide bonds. The number of aromatic nitrogens is 1. The van der Waals surface area contributed by atoms with Crippen LogP contribution in [0.4, 0.5) is 5.13 Å². The molecule has 1 atom stereocenters. The molecular formula is C15H27N3S. The van der Waals surface area contributed by atoms with Crippen molar-refractivity contribution in [1.29, 1.82) is 0 Å². The van der Waals surface area contributed by atoms with E-state index in [9.17, 15) is 0 Å². The molecule has 1 saturated heterocycles. The highest BCUT2D eigenvalue weighted by atomic mass is 32.1. The molecule has 0 radical (unpaired) electrons. The molecule has 3 nitrogen and oxygen atoms in total. The van der Waals surface area contributed by atoms with Gasteiger partial charge in [-0.05, 0) is 32.6 Å². The second kappa shape index (κ2) is 6.71. The SMILES string of the molecule is CCCC(CC)NC1(C)CCN(c2nccs2)CC1. The van der Waals surface area contributed by atoms with E-state index in [0.717, 1.165) is 13.1 Å². The van der Waals surface area contributed by atoms with Gasteiger partial charge in [0.25, 0.3) is 0 Å². The van der Waals surface area contributed by atoms with E-state index in [0.29, 0.717) is 11.6 Å². The first-order valence-corrected chi connectivity index (χ1v) is 8.47. The molecule has 1 aliphatic heterocycles. The van der Waals surface area contributed by atoms with Crippen LogP contribution in [0.1, 0.15) is 52.9 Å². The van der Waals surface area contributed by atoms with Crippen molar-refractivity contribution < 1.29 is 0 Å². The van der Waals surface area contributed by atoms with E-state index in [1.165, 1.54) is 37.2 Å². The van der Waals surface area contributed by atoms with Gasteiger partial charge in [-0.2, -0.15) is 0 Å². The van der Waals surface area contributed by atoms with Crippen molar-refractivity contribution in [1.82, 2.24) is 10.3 Å². The van der Waals surface area contributed by atoms with E-state index in [1.54, 1.807) is 11.3 Å². The molecule has 0 aromatic carbocycles. The van der Waals surface area contributed by atoms with E-state index >= 15 is 0 Å². The number of thiazole rings is 1. The van der Waals surface area contributed by atoms with Crippen molar-refractivity contribution in [2.24, 2.45) is 0 Å². The zero-order chi connectivity index (χ0) is 13.7. The monoisotopic (exact) mass is 281 g/mol. The Balaban J connectivity index is 1.87. The number of piperidine rings is 1. The summed E-state index contributed by atoms with van der Waals surface area (Å²) in [7, 11) is 0. The van der Waals surface area contributed by atoms with Crippen LogP contribution in [-0.4, -0.2) is 29.7 Å². The van der Waals surface area contributed by atoms with Crippen LogP contribution in [0.15, 0.2) is 11.6 Å². The predicted octanol–water partition coefficient (Wildman–Crippen LogP) is 3.67. The summed E-state index contributed by atoms with van der Waals surface area (Å²) in [4.78, 5) is 6.84. The van der Waals surface area contributed by atoms with Crippen molar-refractivity contribution >= 4 is 16.5 Å². The molecule has 0 saturated carbocycles. The first-order chi connectivity index (χ1) is 9.17. The highest BCUT2D eigenvalue weighted by molar-refractivity contribution is 7.13. The third-order valence-corrected chi connectivity index (χ3v) is 5.07. The Bertz CT molecular complexity index is 355. The molecule has 4 heteroatoms. The zero-order valence-electron chi connectivity index (χ0n) is 12.5. The minimum absolute atomic E-state index is 0.309. The van der Waals surface area contributed by atoms with E-state index < -0.39 is 0 Å². The van der Waals surface area contributed by atoms with Gasteiger partial charge < -0.3 is 10.2 Å². The highest BCUT2D eigenvalue weighted by Crippen LogP contribution is 2.28. The largest absolute Gasteiger partial charge is 0.348 e. The van der Waals surface area contributed by atoms with Gasteiger partial charge in [-0.25, -0.2) is 4.98 Å². The molecule has 2 rings (SSSR count). The molecule has 1 N–H and O–H groups in total. The zero-order valence-corrected chi connectivity index (χ0v) is 13.3. The summed E-state index contributed by atoms with van der Waals surface area (Å²) in [6, 6.07) is 0.682. The Morgan fingerprint density at radius 1 is 1.42 bits per heavy atom. The fourth-order valence-electron chi connectivity index (χ4n) is 2.93. The van der Waals surface area contributed by atoms with Crippen molar-refractivity contribution in [3.8, 4) is 0 Å². The Kier molecular flexibility index (Phi) is 5.22. The second-order valence-electron chi connectivity index (χ2n) is 5.90. The Morgan fingerprint density at radius 3 is 2.68 bits per heavy atom. The molecular weight excluding hydrogens is 254 g/mol. The van der Waals surface area contributed by atoms with Gasteiger partial charge in [-0.15, -0.1) is 11.3 Å². The number of hydrogen-bond acceptors (Lipinski definition) is 4. The van der Waals surface area contributed by atoms with Gasteiger partial charge in [-0.3, -0.25) is 0 Å². The standard InChI is InChI=1S/C15H27N3S/c1-4-6-13(5-2)17-15(3)7-10-18(11-8-15)14-16-9-12-19-14/h9,12-13,17H,4-8,10-11H2,1-3H3. The van der Waals surface area contributed by atoms with Crippen LogP contribution in [0.2, 0.25) is 0 Å². The van der Waals surface area contributed by atoms with Gasteiger partial charge in [0.15, 0.2) is 5.13 Å². The summed E-state index contributed by atoms with van der Waals surface area (Å²) < 4.78 is 0. The number of nitrogens with one attached hydrogen (secondary N) is 1. The van der Waals surface area contributed by atoms with Crippen molar-refractivity contribution in [2.75, 3.05) is 18.0 Å². The van der Waals surface area contributed by atoms with Gasteiger partial charge in [0, 0.05) is 36.2 Å².